The molecule has 0 unspecified atom stereocenters. The lowest BCUT2D eigenvalue weighted by molar-refractivity contribution is 0.102. The zero-order chi connectivity index (χ0) is 14.8. The number of aromatic nitrogens is 3. The van der Waals surface area contributed by atoms with Gasteiger partial charge in [-0.1, -0.05) is 0 Å². The second-order valence-corrected chi connectivity index (χ2v) is 5.20. The third kappa shape index (κ3) is 2.59. The highest BCUT2D eigenvalue weighted by atomic mass is 79.9. The third-order valence-corrected chi connectivity index (χ3v) is 3.43. The molecule has 7 heteroatoms. The lowest BCUT2D eigenvalue weighted by atomic mass is 10.2. The first kappa shape index (κ1) is 13.6. The van der Waals surface area contributed by atoms with E-state index in [4.69, 9.17) is 4.74 Å². The number of rotatable bonds is 3. The van der Waals surface area contributed by atoms with Crippen molar-refractivity contribution in [3.05, 3.63) is 47.0 Å². The molecule has 0 spiro atoms. The second-order valence-electron chi connectivity index (χ2n) is 4.28. The Labute approximate surface area is 128 Å². The number of H-pyrrole nitrogens is 1. The first-order valence-corrected chi connectivity index (χ1v) is 6.90. The van der Waals surface area contributed by atoms with E-state index < -0.39 is 0 Å². The first-order chi connectivity index (χ1) is 10.2. The van der Waals surface area contributed by atoms with Gasteiger partial charge >= 0.3 is 0 Å². The van der Waals surface area contributed by atoms with Gasteiger partial charge < -0.3 is 15.0 Å². The fourth-order valence-corrected chi connectivity index (χ4v) is 2.34. The number of carbonyl (C=O) groups excluding carboxylic acids is 1. The quantitative estimate of drug-likeness (QED) is 0.763. The SMILES string of the molecule is COc1ccncc1NC(=O)c1c[nH]c2ncc(Br)cc12. The maximum Gasteiger partial charge on any atom is 0.258 e. The predicted molar refractivity (Wildman–Crippen MR) is 82.5 cm³/mol. The summed E-state index contributed by atoms with van der Waals surface area (Å²) in [6.07, 6.45) is 6.44. The second kappa shape index (κ2) is 5.53. The van der Waals surface area contributed by atoms with Crippen LogP contribution in [0.15, 0.2) is 41.4 Å². The first-order valence-electron chi connectivity index (χ1n) is 6.11. The van der Waals surface area contributed by atoms with Gasteiger partial charge in [-0.25, -0.2) is 4.98 Å². The Hall–Kier alpha value is -2.41. The molecule has 106 valence electrons. The van der Waals surface area contributed by atoms with Gasteiger partial charge in [-0.2, -0.15) is 0 Å². The number of hydrogen-bond donors (Lipinski definition) is 2. The molecular formula is C14H11BrN4O2. The Balaban J connectivity index is 1.96. The Bertz CT molecular complexity index is 816. The summed E-state index contributed by atoms with van der Waals surface area (Å²) >= 11 is 3.35. The van der Waals surface area contributed by atoms with Crippen LogP contribution in [0.2, 0.25) is 0 Å². The Morgan fingerprint density at radius 2 is 2.29 bits per heavy atom. The van der Waals surface area contributed by atoms with E-state index in [0.29, 0.717) is 22.6 Å². The topological polar surface area (TPSA) is 79.9 Å². The molecule has 0 aliphatic rings. The molecule has 21 heavy (non-hydrogen) atoms. The molecular weight excluding hydrogens is 336 g/mol. The maximum atomic E-state index is 12.4. The molecule has 0 saturated heterocycles. The fourth-order valence-electron chi connectivity index (χ4n) is 2.01. The molecule has 3 heterocycles. The van der Waals surface area contributed by atoms with Crippen LogP contribution in [-0.4, -0.2) is 28.0 Å². The largest absolute Gasteiger partial charge is 0.494 e. The van der Waals surface area contributed by atoms with Gasteiger partial charge in [-0.15, -0.1) is 0 Å². The summed E-state index contributed by atoms with van der Waals surface area (Å²) in [7, 11) is 1.54. The summed E-state index contributed by atoms with van der Waals surface area (Å²) in [6.45, 7) is 0. The van der Waals surface area contributed by atoms with Crippen LogP contribution >= 0.6 is 15.9 Å². The molecule has 0 atom stereocenters. The van der Waals surface area contributed by atoms with E-state index in [0.717, 1.165) is 9.86 Å². The third-order valence-electron chi connectivity index (χ3n) is 2.99. The van der Waals surface area contributed by atoms with E-state index in [-0.39, 0.29) is 5.91 Å². The molecule has 0 aliphatic carbocycles. The van der Waals surface area contributed by atoms with Gasteiger partial charge in [0.1, 0.15) is 17.1 Å². The summed E-state index contributed by atoms with van der Waals surface area (Å²) in [4.78, 5) is 23.6. The number of methoxy groups -OCH3 is 1. The summed E-state index contributed by atoms with van der Waals surface area (Å²) in [5, 5.41) is 3.53. The molecule has 3 aromatic heterocycles. The fraction of sp³-hybridized carbons (Fsp3) is 0.0714. The molecule has 0 aliphatic heterocycles. The smallest absolute Gasteiger partial charge is 0.258 e. The lowest BCUT2D eigenvalue weighted by Gasteiger charge is -2.08. The molecule has 0 saturated carbocycles. The number of fused-ring (bicyclic) bond motifs is 1. The number of nitrogens with zero attached hydrogens (tertiary/aromatic N) is 2. The number of hydrogen-bond acceptors (Lipinski definition) is 4. The molecule has 3 aromatic rings. The highest BCUT2D eigenvalue weighted by Gasteiger charge is 2.15. The summed E-state index contributed by atoms with van der Waals surface area (Å²) in [6, 6.07) is 3.53. The highest BCUT2D eigenvalue weighted by Crippen LogP contribution is 2.25. The highest BCUT2D eigenvalue weighted by molar-refractivity contribution is 9.10. The lowest BCUT2D eigenvalue weighted by Crippen LogP contribution is -2.12. The Morgan fingerprint density at radius 1 is 1.43 bits per heavy atom. The van der Waals surface area contributed by atoms with E-state index in [2.05, 4.69) is 36.2 Å². The van der Waals surface area contributed by atoms with Crippen LogP contribution in [0, 0.1) is 0 Å². The van der Waals surface area contributed by atoms with Gasteiger partial charge in [0.2, 0.25) is 0 Å². The normalized spacial score (nSPS) is 10.6. The van der Waals surface area contributed by atoms with Crippen molar-refractivity contribution in [3.8, 4) is 5.75 Å². The van der Waals surface area contributed by atoms with Crippen LogP contribution < -0.4 is 10.1 Å². The number of nitrogens with one attached hydrogen (secondary N) is 2. The van der Waals surface area contributed by atoms with E-state index >= 15 is 0 Å². The number of pyridine rings is 2. The molecule has 3 rings (SSSR count). The van der Waals surface area contributed by atoms with Crippen LogP contribution in [0.3, 0.4) is 0 Å². The summed E-state index contributed by atoms with van der Waals surface area (Å²) in [5.74, 6) is 0.296. The summed E-state index contributed by atoms with van der Waals surface area (Å²) < 4.78 is 6.00. The van der Waals surface area contributed by atoms with Crippen molar-refractivity contribution in [2.75, 3.05) is 12.4 Å². The zero-order valence-corrected chi connectivity index (χ0v) is 12.6. The number of amides is 1. The molecule has 0 radical (unpaired) electrons. The van der Waals surface area contributed by atoms with Gasteiger partial charge in [0.05, 0.1) is 18.9 Å². The molecule has 6 nitrogen and oxygen atoms in total. The molecule has 0 bridgehead atoms. The van der Waals surface area contributed by atoms with E-state index in [1.165, 1.54) is 7.11 Å². The van der Waals surface area contributed by atoms with Crippen molar-refractivity contribution in [3.63, 3.8) is 0 Å². The van der Waals surface area contributed by atoms with E-state index in [1.54, 1.807) is 30.9 Å². The van der Waals surface area contributed by atoms with Gasteiger partial charge in [0.25, 0.3) is 5.91 Å². The van der Waals surface area contributed by atoms with Crippen LogP contribution in [-0.2, 0) is 0 Å². The minimum Gasteiger partial charge on any atom is -0.494 e. The van der Waals surface area contributed by atoms with Gasteiger partial charge in [-0.3, -0.25) is 9.78 Å². The number of carbonyl (C=O) groups is 1. The number of anilines is 1. The maximum absolute atomic E-state index is 12.4. The van der Waals surface area contributed by atoms with Crippen LogP contribution in [0.4, 0.5) is 5.69 Å². The average Bonchev–Trinajstić information content (AvgIpc) is 2.90. The van der Waals surface area contributed by atoms with Crippen molar-refractivity contribution in [1.82, 2.24) is 15.0 Å². The number of aromatic amines is 1. The van der Waals surface area contributed by atoms with Gasteiger partial charge in [0, 0.05) is 34.5 Å². The molecule has 2 N–H and O–H groups in total. The standard InChI is InChI=1S/C14H11BrN4O2/c1-21-12-2-3-16-7-11(12)19-14(20)10-6-18-13-9(10)4-8(15)5-17-13/h2-7H,1H3,(H,17,18)(H,19,20). The molecule has 0 aromatic carbocycles. The Morgan fingerprint density at radius 3 is 3.10 bits per heavy atom. The van der Waals surface area contributed by atoms with Crippen molar-refractivity contribution in [2.45, 2.75) is 0 Å². The van der Waals surface area contributed by atoms with Crippen molar-refractivity contribution in [2.24, 2.45) is 0 Å². The molecule has 1 amide bonds. The number of halogens is 1. The average molecular weight is 347 g/mol. The zero-order valence-electron chi connectivity index (χ0n) is 11.1. The summed E-state index contributed by atoms with van der Waals surface area (Å²) in [5.41, 5.74) is 1.67. The van der Waals surface area contributed by atoms with Crippen molar-refractivity contribution in [1.29, 1.82) is 0 Å². The minimum atomic E-state index is -0.257. The van der Waals surface area contributed by atoms with Gasteiger partial charge in [-0.05, 0) is 22.0 Å². The predicted octanol–water partition coefficient (Wildman–Crippen LogP) is 2.98. The van der Waals surface area contributed by atoms with Crippen LogP contribution in [0.5, 0.6) is 5.75 Å². The number of ether oxygens (including phenoxy) is 1. The van der Waals surface area contributed by atoms with Crippen molar-refractivity contribution < 1.29 is 9.53 Å². The van der Waals surface area contributed by atoms with E-state index in [9.17, 15) is 4.79 Å². The monoisotopic (exact) mass is 346 g/mol. The van der Waals surface area contributed by atoms with Crippen molar-refractivity contribution >= 4 is 38.6 Å². The van der Waals surface area contributed by atoms with Crippen LogP contribution in [0.25, 0.3) is 11.0 Å². The molecule has 0 fully saturated rings. The minimum absolute atomic E-state index is 0.257. The van der Waals surface area contributed by atoms with Crippen LogP contribution in [0.1, 0.15) is 10.4 Å². The van der Waals surface area contributed by atoms with Gasteiger partial charge in [0.15, 0.2) is 0 Å². The Kier molecular flexibility index (Phi) is 3.57. The van der Waals surface area contributed by atoms with E-state index in [1.807, 2.05) is 6.07 Å².